The number of carbonyl (C=O) groups is 2. The van der Waals surface area contributed by atoms with Gasteiger partial charge in [0.05, 0.1) is 11.3 Å². The zero-order valence-electron chi connectivity index (χ0n) is 12.5. The van der Waals surface area contributed by atoms with Crippen LogP contribution >= 0.6 is 0 Å². The molecule has 3 N–H and O–H groups in total. The monoisotopic (exact) mass is 296 g/mol. The maximum absolute atomic E-state index is 13.7. The van der Waals surface area contributed by atoms with E-state index >= 15 is 0 Å². The van der Waals surface area contributed by atoms with E-state index in [9.17, 15) is 14.0 Å². The van der Waals surface area contributed by atoms with Crippen molar-refractivity contribution >= 4 is 17.7 Å². The molecule has 0 radical (unpaired) electrons. The largest absolute Gasteiger partial charge is 0.478 e. The van der Waals surface area contributed by atoms with Gasteiger partial charge in [0.25, 0.3) is 0 Å². The molecule has 2 amide bonds. The number of hydrogen-bond donors (Lipinski definition) is 3. The van der Waals surface area contributed by atoms with Crippen molar-refractivity contribution in [1.29, 1.82) is 0 Å². The van der Waals surface area contributed by atoms with Crippen LogP contribution in [0.3, 0.4) is 0 Å². The summed E-state index contributed by atoms with van der Waals surface area (Å²) in [6, 6.07) is 3.03. The number of hydrogen-bond acceptors (Lipinski definition) is 2. The van der Waals surface area contributed by atoms with E-state index < -0.39 is 17.8 Å². The normalized spacial score (nSPS) is 11.0. The number of para-hydroxylation sites is 1. The van der Waals surface area contributed by atoms with E-state index in [4.69, 9.17) is 5.11 Å². The molecule has 1 aromatic carbocycles. The van der Waals surface area contributed by atoms with Crippen LogP contribution in [0, 0.1) is 5.82 Å². The lowest BCUT2D eigenvalue weighted by atomic mass is 9.90. The molecule has 1 aromatic rings. The smallest absolute Gasteiger partial charge is 0.337 e. The van der Waals surface area contributed by atoms with Crippen LogP contribution in [-0.4, -0.2) is 22.6 Å². The quantitative estimate of drug-likeness (QED) is 0.750. The number of amides is 2. The molecule has 116 valence electrons. The minimum atomic E-state index is -1.29. The predicted octanol–water partition coefficient (Wildman–Crippen LogP) is 3.61. The number of nitrogens with one attached hydrogen (secondary N) is 2. The number of aromatic carboxylic acids is 1. The summed E-state index contributed by atoms with van der Waals surface area (Å²) < 4.78 is 13.7. The first kappa shape index (κ1) is 16.9. The average Bonchev–Trinajstić information content (AvgIpc) is 2.46. The van der Waals surface area contributed by atoms with Crippen molar-refractivity contribution in [3.8, 4) is 0 Å². The second kappa shape index (κ2) is 7.06. The van der Waals surface area contributed by atoms with Gasteiger partial charge in [-0.25, -0.2) is 14.0 Å². The van der Waals surface area contributed by atoms with Gasteiger partial charge in [-0.15, -0.1) is 0 Å². The first-order valence-corrected chi connectivity index (χ1v) is 7.00. The number of halogens is 1. The third-order valence-electron chi connectivity index (χ3n) is 3.89. The van der Waals surface area contributed by atoms with Crippen molar-refractivity contribution in [2.24, 2.45) is 0 Å². The van der Waals surface area contributed by atoms with Crippen LogP contribution in [0.15, 0.2) is 18.2 Å². The van der Waals surface area contributed by atoms with Crippen molar-refractivity contribution in [3.63, 3.8) is 0 Å². The molecule has 0 aliphatic carbocycles. The molecule has 1 rings (SSSR count). The summed E-state index contributed by atoms with van der Waals surface area (Å²) in [5, 5.41) is 14.2. The van der Waals surface area contributed by atoms with Crippen molar-refractivity contribution in [1.82, 2.24) is 5.32 Å². The molecule has 0 bridgehead atoms. The summed E-state index contributed by atoms with van der Waals surface area (Å²) in [7, 11) is 0. The van der Waals surface area contributed by atoms with Gasteiger partial charge >= 0.3 is 12.0 Å². The number of urea groups is 1. The molecule has 0 saturated carbocycles. The summed E-state index contributed by atoms with van der Waals surface area (Å²) in [6.45, 7) is 5.87. The first-order chi connectivity index (χ1) is 9.89. The summed E-state index contributed by atoms with van der Waals surface area (Å²) in [5.74, 6) is -2.07. The van der Waals surface area contributed by atoms with Gasteiger partial charge in [0.15, 0.2) is 0 Å². The Kier molecular flexibility index (Phi) is 5.69. The summed E-state index contributed by atoms with van der Waals surface area (Å²) in [6.07, 6.45) is 2.20. The molecule has 6 heteroatoms. The zero-order chi connectivity index (χ0) is 16.0. The number of carbonyl (C=O) groups excluding carboxylic acids is 1. The van der Waals surface area contributed by atoms with E-state index in [0.29, 0.717) is 0 Å². The molecule has 0 aliphatic heterocycles. The van der Waals surface area contributed by atoms with Crippen LogP contribution in [0.25, 0.3) is 0 Å². The molecule has 0 unspecified atom stereocenters. The predicted molar refractivity (Wildman–Crippen MR) is 79.1 cm³/mol. The summed E-state index contributed by atoms with van der Waals surface area (Å²) in [4.78, 5) is 23.1. The lowest BCUT2D eigenvalue weighted by Crippen LogP contribution is -2.49. The Balaban J connectivity index is 2.96. The Morgan fingerprint density at radius 2 is 1.76 bits per heavy atom. The number of anilines is 1. The Hall–Kier alpha value is -2.11. The number of benzene rings is 1. The van der Waals surface area contributed by atoms with Gasteiger partial charge < -0.3 is 15.7 Å². The maximum Gasteiger partial charge on any atom is 0.337 e. The summed E-state index contributed by atoms with van der Waals surface area (Å²) >= 11 is 0. The summed E-state index contributed by atoms with van der Waals surface area (Å²) in [5.41, 5.74) is -0.974. The number of carboxylic acid groups (broad SMARTS) is 1. The fourth-order valence-corrected chi connectivity index (χ4v) is 2.23. The third-order valence-corrected chi connectivity index (χ3v) is 3.89. The van der Waals surface area contributed by atoms with E-state index in [0.717, 1.165) is 25.3 Å². The molecule has 0 aromatic heterocycles. The van der Waals surface area contributed by atoms with E-state index in [1.54, 1.807) is 0 Å². The second-order valence-electron chi connectivity index (χ2n) is 4.89. The highest BCUT2D eigenvalue weighted by Crippen LogP contribution is 2.22. The van der Waals surface area contributed by atoms with Gasteiger partial charge in [-0.3, -0.25) is 0 Å². The minimum Gasteiger partial charge on any atom is -0.478 e. The van der Waals surface area contributed by atoms with Gasteiger partial charge in [0.1, 0.15) is 5.82 Å². The van der Waals surface area contributed by atoms with Gasteiger partial charge in [-0.2, -0.15) is 0 Å². The molecule has 0 aliphatic rings. The van der Waals surface area contributed by atoms with E-state index in [1.165, 1.54) is 12.1 Å². The van der Waals surface area contributed by atoms with Crippen molar-refractivity contribution in [3.05, 3.63) is 29.6 Å². The van der Waals surface area contributed by atoms with Crippen molar-refractivity contribution in [2.45, 2.75) is 45.6 Å². The van der Waals surface area contributed by atoms with Crippen molar-refractivity contribution in [2.75, 3.05) is 5.32 Å². The number of carboxylic acids is 1. The number of rotatable bonds is 6. The Labute approximate surface area is 123 Å². The molecular weight excluding hydrogens is 275 g/mol. The van der Waals surface area contributed by atoms with Crippen LogP contribution in [-0.2, 0) is 0 Å². The van der Waals surface area contributed by atoms with Crippen LogP contribution in [0.5, 0.6) is 0 Å². The van der Waals surface area contributed by atoms with Crippen LogP contribution in [0.2, 0.25) is 0 Å². The topological polar surface area (TPSA) is 78.4 Å². The van der Waals surface area contributed by atoms with Crippen molar-refractivity contribution < 1.29 is 19.1 Å². The van der Waals surface area contributed by atoms with E-state index in [-0.39, 0.29) is 16.8 Å². The fourth-order valence-electron chi connectivity index (χ4n) is 2.23. The van der Waals surface area contributed by atoms with E-state index in [1.807, 2.05) is 20.8 Å². The zero-order valence-corrected chi connectivity index (χ0v) is 12.5. The van der Waals surface area contributed by atoms with E-state index in [2.05, 4.69) is 10.6 Å². The highest BCUT2D eigenvalue weighted by atomic mass is 19.1. The van der Waals surface area contributed by atoms with Crippen LogP contribution in [0.1, 0.15) is 50.4 Å². The first-order valence-electron chi connectivity index (χ1n) is 7.00. The van der Waals surface area contributed by atoms with Gasteiger partial charge in [0, 0.05) is 5.54 Å². The van der Waals surface area contributed by atoms with Gasteiger partial charge in [-0.1, -0.05) is 26.8 Å². The fraction of sp³-hybridized carbons (Fsp3) is 0.467. The lowest BCUT2D eigenvalue weighted by Gasteiger charge is -2.31. The lowest BCUT2D eigenvalue weighted by molar-refractivity contribution is 0.0697. The third kappa shape index (κ3) is 3.93. The highest BCUT2D eigenvalue weighted by Gasteiger charge is 2.26. The molecule has 0 fully saturated rings. The highest BCUT2D eigenvalue weighted by molar-refractivity contribution is 6.00. The average molecular weight is 296 g/mol. The van der Waals surface area contributed by atoms with Crippen LogP contribution in [0.4, 0.5) is 14.9 Å². The Morgan fingerprint density at radius 1 is 1.19 bits per heavy atom. The van der Waals surface area contributed by atoms with Gasteiger partial charge in [0.2, 0.25) is 0 Å². The van der Waals surface area contributed by atoms with Crippen LogP contribution < -0.4 is 10.6 Å². The SMILES string of the molecule is CCC(CC)(CC)NC(=O)Nc1c(F)cccc1C(=O)O. The Bertz CT molecular complexity index is 519. The Morgan fingerprint density at radius 3 is 2.24 bits per heavy atom. The molecule has 0 saturated heterocycles. The molecule has 5 nitrogen and oxygen atoms in total. The molecule has 0 atom stereocenters. The minimum absolute atomic E-state index is 0.278. The molecular formula is C15H21FN2O3. The molecule has 0 heterocycles. The molecule has 0 spiro atoms. The molecule has 21 heavy (non-hydrogen) atoms. The van der Waals surface area contributed by atoms with Gasteiger partial charge in [-0.05, 0) is 31.4 Å². The maximum atomic E-state index is 13.7. The standard InChI is InChI=1S/C15H21FN2O3/c1-4-15(5-2,6-3)18-14(21)17-12-10(13(19)20)8-7-9-11(12)16/h7-9H,4-6H2,1-3H3,(H,19,20)(H2,17,18,21). The second-order valence-corrected chi connectivity index (χ2v) is 4.89.